The van der Waals surface area contributed by atoms with Gasteiger partial charge in [0, 0.05) is 13.0 Å². The normalized spacial score (nSPS) is 23.9. The van der Waals surface area contributed by atoms with E-state index >= 15 is 0 Å². The van der Waals surface area contributed by atoms with Crippen LogP contribution in [0.1, 0.15) is 6.42 Å². The molecule has 1 fully saturated rings. The first-order valence-corrected chi connectivity index (χ1v) is 7.05. The Morgan fingerprint density at radius 2 is 1.95 bits per heavy atom. The van der Waals surface area contributed by atoms with E-state index in [4.69, 9.17) is 5.11 Å². The smallest absolute Gasteiger partial charge is 0.322 e. The molecular formula is C11H11F2NO5S. The Kier molecular flexibility index (Phi) is 3.76. The van der Waals surface area contributed by atoms with Crippen molar-refractivity contribution in [3.8, 4) is 0 Å². The third-order valence-corrected chi connectivity index (χ3v) is 4.89. The summed E-state index contributed by atoms with van der Waals surface area (Å²) in [6.45, 7) is -0.404. The summed E-state index contributed by atoms with van der Waals surface area (Å²) in [5.41, 5.74) is 0. The zero-order valence-corrected chi connectivity index (χ0v) is 10.8. The van der Waals surface area contributed by atoms with Crippen LogP contribution in [-0.4, -0.2) is 47.6 Å². The van der Waals surface area contributed by atoms with Gasteiger partial charge in [0.25, 0.3) is 0 Å². The predicted octanol–water partition coefficient (Wildman–Crippen LogP) is 0.173. The molecule has 2 rings (SSSR count). The van der Waals surface area contributed by atoms with Crippen LogP contribution >= 0.6 is 0 Å². The Bertz CT molecular complexity index is 648. The lowest BCUT2D eigenvalue weighted by atomic mass is 10.2. The average molecular weight is 307 g/mol. The molecule has 110 valence electrons. The van der Waals surface area contributed by atoms with Crippen molar-refractivity contribution < 1.29 is 32.2 Å². The van der Waals surface area contributed by atoms with Crippen molar-refractivity contribution in [2.24, 2.45) is 0 Å². The lowest BCUT2D eigenvalue weighted by Crippen LogP contribution is -2.40. The minimum Gasteiger partial charge on any atom is -0.480 e. The van der Waals surface area contributed by atoms with Crippen LogP contribution in [0.3, 0.4) is 0 Å². The number of nitrogens with zero attached hydrogens (tertiary/aromatic N) is 1. The van der Waals surface area contributed by atoms with Crippen LogP contribution in [0.25, 0.3) is 0 Å². The van der Waals surface area contributed by atoms with Gasteiger partial charge in [0.05, 0.1) is 11.0 Å². The van der Waals surface area contributed by atoms with Crippen molar-refractivity contribution in [1.82, 2.24) is 4.31 Å². The summed E-state index contributed by atoms with van der Waals surface area (Å²) in [5.74, 6) is -3.97. The van der Waals surface area contributed by atoms with Gasteiger partial charge in [0.2, 0.25) is 10.0 Å². The topological polar surface area (TPSA) is 94.9 Å². The van der Waals surface area contributed by atoms with Crippen molar-refractivity contribution in [1.29, 1.82) is 0 Å². The molecule has 0 aliphatic carbocycles. The van der Waals surface area contributed by atoms with Crippen LogP contribution in [0.15, 0.2) is 23.1 Å². The maximum atomic E-state index is 13.1. The molecule has 2 N–H and O–H groups in total. The van der Waals surface area contributed by atoms with Gasteiger partial charge in [-0.25, -0.2) is 17.2 Å². The molecule has 0 spiro atoms. The molecular weight excluding hydrogens is 296 g/mol. The Morgan fingerprint density at radius 1 is 1.30 bits per heavy atom. The number of hydrogen-bond donors (Lipinski definition) is 2. The summed E-state index contributed by atoms with van der Waals surface area (Å²) in [6.07, 6.45) is -1.37. The highest BCUT2D eigenvalue weighted by Crippen LogP contribution is 2.27. The lowest BCUT2D eigenvalue weighted by molar-refractivity contribution is -0.140. The number of carbonyl (C=O) groups is 1. The molecule has 0 aromatic heterocycles. The summed E-state index contributed by atoms with van der Waals surface area (Å²) in [7, 11) is -4.32. The van der Waals surface area contributed by atoms with E-state index in [1.165, 1.54) is 0 Å². The molecule has 20 heavy (non-hydrogen) atoms. The number of rotatable bonds is 3. The standard InChI is InChI=1S/C11H11F2NO5S/c12-8-2-1-7(4-9(8)13)20(18,19)14-5-6(15)3-10(14)11(16)17/h1-2,4,6,10,15H,3,5H2,(H,16,17)/t6-,10+/m1/s1. The second kappa shape index (κ2) is 5.08. The Labute approximate surface area is 113 Å². The van der Waals surface area contributed by atoms with Gasteiger partial charge in [0.15, 0.2) is 11.6 Å². The Morgan fingerprint density at radius 3 is 2.50 bits per heavy atom. The SMILES string of the molecule is O=C(O)[C@@H]1C[C@@H](O)CN1S(=O)(=O)c1ccc(F)c(F)c1. The van der Waals surface area contributed by atoms with Gasteiger partial charge in [0.1, 0.15) is 6.04 Å². The fourth-order valence-electron chi connectivity index (χ4n) is 2.05. The van der Waals surface area contributed by atoms with E-state index in [2.05, 4.69) is 0 Å². The molecule has 0 bridgehead atoms. The first kappa shape index (κ1) is 14.8. The summed E-state index contributed by atoms with van der Waals surface area (Å²) in [6, 6.07) is 0.541. The third kappa shape index (κ3) is 2.51. The van der Waals surface area contributed by atoms with E-state index in [1.807, 2.05) is 0 Å². The average Bonchev–Trinajstić information content (AvgIpc) is 2.75. The van der Waals surface area contributed by atoms with Crippen LogP contribution in [0.2, 0.25) is 0 Å². The number of hydrogen-bond acceptors (Lipinski definition) is 4. The van der Waals surface area contributed by atoms with Crippen LogP contribution in [0, 0.1) is 11.6 Å². The maximum Gasteiger partial charge on any atom is 0.322 e. The van der Waals surface area contributed by atoms with Gasteiger partial charge in [-0.1, -0.05) is 0 Å². The summed E-state index contributed by atoms with van der Waals surface area (Å²) < 4.78 is 50.9. The second-order valence-corrected chi connectivity index (χ2v) is 6.28. The first-order valence-electron chi connectivity index (χ1n) is 5.61. The molecule has 0 unspecified atom stereocenters. The Hall–Kier alpha value is -1.58. The number of aliphatic carboxylic acids is 1. The number of carboxylic acid groups (broad SMARTS) is 1. The molecule has 1 saturated heterocycles. The number of aliphatic hydroxyl groups is 1. The molecule has 1 aliphatic heterocycles. The molecule has 0 saturated carbocycles. The van der Waals surface area contributed by atoms with Crippen LogP contribution in [-0.2, 0) is 14.8 Å². The minimum absolute atomic E-state index is 0.252. The number of carboxylic acids is 1. The van der Waals surface area contributed by atoms with Crippen LogP contribution in [0.5, 0.6) is 0 Å². The van der Waals surface area contributed by atoms with Crippen LogP contribution in [0.4, 0.5) is 8.78 Å². The van der Waals surface area contributed by atoms with Gasteiger partial charge < -0.3 is 10.2 Å². The van der Waals surface area contributed by atoms with Gasteiger partial charge in [-0.3, -0.25) is 4.79 Å². The van der Waals surface area contributed by atoms with E-state index in [9.17, 15) is 27.1 Å². The highest BCUT2D eigenvalue weighted by molar-refractivity contribution is 7.89. The summed E-state index contributed by atoms with van der Waals surface area (Å²) >= 11 is 0. The van der Waals surface area contributed by atoms with E-state index in [0.29, 0.717) is 16.4 Å². The largest absolute Gasteiger partial charge is 0.480 e. The zero-order valence-electron chi connectivity index (χ0n) is 10.0. The summed E-state index contributed by atoms with van der Waals surface area (Å²) in [5, 5.41) is 18.4. The number of β-amino-alcohol motifs (C(OH)–C–C–N with tert-alkyl or cyclic N) is 1. The van der Waals surface area contributed by atoms with Crippen molar-refractivity contribution in [3.63, 3.8) is 0 Å². The zero-order chi connectivity index (χ0) is 15.1. The van der Waals surface area contributed by atoms with Crippen LogP contribution < -0.4 is 0 Å². The number of sulfonamides is 1. The molecule has 1 aliphatic rings. The highest BCUT2D eigenvalue weighted by atomic mass is 32.2. The van der Waals surface area contributed by atoms with Gasteiger partial charge >= 0.3 is 5.97 Å². The van der Waals surface area contributed by atoms with E-state index in [1.54, 1.807) is 0 Å². The molecule has 0 amide bonds. The monoisotopic (exact) mass is 307 g/mol. The number of aliphatic hydroxyl groups excluding tert-OH is 1. The first-order chi connectivity index (χ1) is 9.23. The quantitative estimate of drug-likeness (QED) is 0.830. The third-order valence-electron chi connectivity index (χ3n) is 3.02. The number of halogens is 2. The fraction of sp³-hybridized carbons (Fsp3) is 0.364. The summed E-state index contributed by atoms with van der Waals surface area (Å²) in [4.78, 5) is 10.4. The van der Waals surface area contributed by atoms with Gasteiger partial charge in [-0.2, -0.15) is 4.31 Å². The molecule has 0 radical (unpaired) electrons. The molecule has 2 atom stereocenters. The molecule has 6 nitrogen and oxygen atoms in total. The van der Waals surface area contributed by atoms with Gasteiger partial charge in [-0.15, -0.1) is 0 Å². The maximum absolute atomic E-state index is 13.1. The second-order valence-electron chi connectivity index (χ2n) is 4.39. The van der Waals surface area contributed by atoms with Crippen molar-refractivity contribution in [3.05, 3.63) is 29.8 Å². The van der Waals surface area contributed by atoms with E-state index < -0.39 is 51.2 Å². The van der Waals surface area contributed by atoms with Crippen molar-refractivity contribution in [2.75, 3.05) is 6.54 Å². The molecule has 1 heterocycles. The predicted molar refractivity (Wildman–Crippen MR) is 62.3 cm³/mol. The van der Waals surface area contributed by atoms with Crippen molar-refractivity contribution >= 4 is 16.0 Å². The fourth-order valence-corrected chi connectivity index (χ4v) is 3.69. The minimum atomic E-state index is -4.32. The number of benzene rings is 1. The highest BCUT2D eigenvalue weighted by Gasteiger charge is 2.43. The molecule has 9 heteroatoms. The lowest BCUT2D eigenvalue weighted by Gasteiger charge is -2.20. The van der Waals surface area contributed by atoms with Crippen molar-refractivity contribution in [2.45, 2.75) is 23.5 Å². The Balaban J connectivity index is 2.43. The molecule has 1 aromatic rings. The molecule has 1 aromatic carbocycles. The van der Waals surface area contributed by atoms with Gasteiger partial charge in [-0.05, 0) is 18.2 Å². The van der Waals surface area contributed by atoms with E-state index in [0.717, 1.165) is 6.07 Å². The van der Waals surface area contributed by atoms with E-state index in [-0.39, 0.29) is 6.42 Å².